The van der Waals surface area contributed by atoms with Gasteiger partial charge in [0.1, 0.15) is 0 Å². The lowest BCUT2D eigenvalue weighted by molar-refractivity contribution is -0.134. The number of hydrogen-bond donors (Lipinski definition) is 1. The molecule has 0 aromatic carbocycles. The standard InChI is InChI=1S/C15H27NO3/c1-11(10-19-2)9-15(18)16-8-4-6-13(16)12-5-3-7-14(12)17/h11-14,17H,3-10H2,1-2H3. The van der Waals surface area contributed by atoms with E-state index in [0.29, 0.717) is 18.9 Å². The van der Waals surface area contributed by atoms with Gasteiger partial charge in [-0.15, -0.1) is 0 Å². The highest BCUT2D eigenvalue weighted by atomic mass is 16.5. The van der Waals surface area contributed by atoms with Gasteiger partial charge in [-0.1, -0.05) is 13.3 Å². The Morgan fingerprint density at radius 2 is 2.16 bits per heavy atom. The molecule has 1 saturated carbocycles. The van der Waals surface area contributed by atoms with Crippen LogP contribution in [0.15, 0.2) is 0 Å². The predicted octanol–water partition coefficient (Wildman–Crippen LogP) is 1.81. The second-order valence-electron chi connectivity index (χ2n) is 6.22. The summed E-state index contributed by atoms with van der Waals surface area (Å²) in [6, 6.07) is 0.278. The molecule has 4 heteroatoms. The van der Waals surface area contributed by atoms with E-state index < -0.39 is 0 Å². The zero-order valence-corrected chi connectivity index (χ0v) is 12.2. The molecule has 4 unspecified atom stereocenters. The molecule has 1 heterocycles. The van der Waals surface area contributed by atoms with Crippen molar-refractivity contribution in [2.24, 2.45) is 11.8 Å². The molecule has 1 aliphatic carbocycles. The molecule has 2 rings (SSSR count). The van der Waals surface area contributed by atoms with Crippen LogP contribution < -0.4 is 0 Å². The Hall–Kier alpha value is -0.610. The lowest BCUT2D eigenvalue weighted by Crippen LogP contribution is -2.43. The second kappa shape index (κ2) is 6.71. The van der Waals surface area contributed by atoms with Crippen LogP contribution in [0.5, 0.6) is 0 Å². The summed E-state index contributed by atoms with van der Waals surface area (Å²) in [4.78, 5) is 14.4. The minimum absolute atomic E-state index is 0.199. The first-order valence-corrected chi connectivity index (χ1v) is 7.60. The molecule has 4 nitrogen and oxygen atoms in total. The number of methoxy groups -OCH3 is 1. The van der Waals surface area contributed by atoms with Crippen LogP contribution >= 0.6 is 0 Å². The lowest BCUT2D eigenvalue weighted by Gasteiger charge is -2.32. The van der Waals surface area contributed by atoms with Crippen LogP contribution in [0.3, 0.4) is 0 Å². The summed E-state index contributed by atoms with van der Waals surface area (Å²) in [5.41, 5.74) is 0. The molecule has 0 bridgehead atoms. The molecule has 19 heavy (non-hydrogen) atoms. The van der Waals surface area contributed by atoms with Gasteiger partial charge in [-0.3, -0.25) is 4.79 Å². The highest BCUT2D eigenvalue weighted by molar-refractivity contribution is 5.77. The topological polar surface area (TPSA) is 49.8 Å². The number of rotatable bonds is 5. The van der Waals surface area contributed by atoms with Gasteiger partial charge in [0.2, 0.25) is 5.91 Å². The maximum Gasteiger partial charge on any atom is 0.223 e. The number of aliphatic hydroxyl groups is 1. The summed E-state index contributed by atoms with van der Waals surface area (Å²) in [7, 11) is 1.68. The summed E-state index contributed by atoms with van der Waals surface area (Å²) in [6.07, 6.45) is 5.59. The van der Waals surface area contributed by atoms with Crippen molar-refractivity contribution in [1.82, 2.24) is 4.90 Å². The van der Waals surface area contributed by atoms with E-state index in [1.165, 1.54) is 0 Å². The monoisotopic (exact) mass is 269 g/mol. The minimum Gasteiger partial charge on any atom is -0.393 e. The first kappa shape index (κ1) is 14.8. The van der Waals surface area contributed by atoms with Gasteiger partial charge in [-0.25, -0.2) is 0 Å². The van der Waals surface area contributed by atoms with Gasteiger partial charge in [-0.05, 0) is 31.6 Å². The van der Waals surface area contributed by atoms with Crippen molar-refractivity contribution in [2.75, 3.05) is 20.3 Å². The molecule has 0 spiro atoms. The zero-order valence-electron chi connectivity index (χ0n) is 12.2. The maximum atomic E-state index is 12.4. The third-order valence-corrected chi connectivity index (χ3v) is 4.62. The quantitative estimate of drug-likeness (QED) is 0.828. The number of carbonyl (C=O) groups excluding carboxylic acids is 1. The smallest absolute Gasteiger partial charge is 0.223 e. The van der Waals surface area contributed by atoms with Crippen molar-refractivity contribution in [3.8, 4) is 0 Å². The Bertz CT molecular complexity index is 308. The van der Waals surface area contributed by atoms with Crippen LogP contribution in [0.2, 0.25) is 0 Å². The highest BCUT2D eigenvalue weighted by Crippen LogP contribution is 2.36. The van der Waals surface area contributed by atoms with Gasteiger partial charge in [0.25, 0.3) is 0 Å². The first-order chi connectivity index (χ1) is 9.13. The Morgan fingerprint density at radius 3 is 2.79 bits per heavy atom. The van der Waals surface area contributed by atoms with Crippen LogP contribution in [-0.2, 0) is 9.53 Å². The Kier molecular flexibility index (Phi) is 5.22. The van der Waals surface area contributed by atoms with E-state index in [9.17, 15) is 9.90 Å². The van der Waals surface area contributed by atoms with Crippen molar-refractivity contribution < 1.29 is 14.6 Å². The lowest BCUT2D eigenvalue weighted by atomic mass is 9.93. The van der Waals surface area contributed by atoms with E-state index in [1.54, 1.807) is 7.11 Å². The normalized spacial score (nSPS) is 32.8. The summed E-state index contributed by atoms with van der Waals surface area (Å²) in [5.74, 6) is 0.822. The van der Waals surface area contributed by atoms with Crippen molar-refractivity contribution in [2.45, 2.75) is 57.6 Å². The fourth-order valence-electron chi connectivity index (χ4n) is 3.72. The SMILES string of the molecule is COCC(C)CC(=O)N1CCCC1C1CCCC1O. The molecule has 1 amide bonds. The van der Waals surface area contributed by atoms with Gasteiger partial charge in [-0.2, -0.15) is 0 Å². The van der Waals surface area contributed by atoms with Gasteiger partial charge in [0.15, 0.2) is 0 Å². The number of amides is 1. The molecule has 0 radical (unpaired) electrons. The highest BCUT2D eigenvalue weighted by Gasteiger charge is 2.40. The molecule has 110 valence electrons. The van der Waals surface area contributed by atoms with Gasteiger partial charge < -0.3 is 14.7 Å². The van der Waals surface area contributed by atoms with Crippen LogP contribution in [-0.4, -0.2) is 48.3 Å². The van der Waals surface area contributed by atoms with Crippen LogP contribution in [0.4, 0.5) is 0 Å². The number of hydrogen-bond acceptors (Lipinski definition) is 3. The summed E-state index contributed by atoms with van der Waals surface area (Å²) >= 11 is 0. The molecule has 1 aliphatic heterocycles. The molecule has 4 atom stereocenters. The fraction of sp³-hybridized carbons (Fsp3) is 0.933. The van der Waals surface area contributed by atoms with E-state index in [4.69, 9.17) is 4.74 Å². The largest absolute Gasteiger partial charge is 0.393 e. The van der Waals surface area contributed by atoms with Crippen LogP contribution in [0.25, 0.3) is 0 Å². The molecule has 0 aromatic rings. The minimum atomic E-state index is -0.199. The van der Waals surface area contributed by atoms with Crippen molar-refractivity contribution in [1.29, 1.82) is 0 Å². The van der Waals surface area contributed by atoms with E-state index >= 15 is 0 Å². The molecule has 1 N–H and O–H groups in total. The number of ether oxygens (including phenoxy) is 1. The molecule has 1 saturated heterocycles. The maximum absolute atomic E-state index is 12.4. The van der Waals surface area contributed by atoms with E-state index in [1.807, 2.05) is 4.90 Å². The van der Waals surface area contributed by atoms with E-state index in [-0.39, 0.29) is 24.0 Å². The third kappa shape index (κ3) is 3.48. The third-order valence-electron chi connectivity index (χ3n) is 4.62. The number of likely N-dealkylation sites (tertiary alicyclic amines) is 1. The summed E-state index contributed by atoms with van der Waals surface area (Å²) < 4.78 is 5.10. The number of carbonyl (C=O) groups is 1. The molecule has 2 aliphatic rings. The second-order valence-corrected chi connectivity index (χ2v) is 6.22. The van der Waals surface area contributed by atoms with E-state index in [2.05, 4.69) is 6.92 Å². The van der Waals surface area contributed by atoms with E-state index in [0.717, 1.165) is 38.6 Å². The first-order valence-electron chi connectivity index (χ1n) is 7.60. The average Bonchev–Trinajstić information content (AvgIpc) is 2.96. The Balaban J connectivity index is 1.92. The van der Waals surface area contributed by atoms with Gasteiger partial charge in [0, 0.05) is 38.6 Å². The molecule has 2 fully saturated rings. The molecule has 0 aromatic heterocycles. The van der Waals surface area contributed by atoms with Crippen molar-refractivity contribution in [3.63, 3.8) is 0 Å². The van der Waals surface area contributed by atoms with Crippen LogP contribution in [0, 0.1) is 11.8 Å². The van der Waals surface area contributed by atoms with Crippen molar-refractivity contribution >= 4 is 5.91 Å². The van der Waals surface area contributed by atoms with Gasteiger partial charge >= 0.3 is 0 Å². The Morgan fingerprint density at radius 1 is 1.37 bits per heavy atom. The molecular weight excluding hydrogens is 242 g/mol. The average molecular weight is 269 g/mol. The summed E-state index contributed by atoms with van der Waals surface area (Å²) in [6.45, 7) is 3.56. The Labute approximate surface area is 116 Å². The number of aliphatic hydroxyl groups excluding tert-OH is 1. The summed E-state index contributed by atoms with van der Waals surface area (Å²) in [5, 5.41) is 10.1. The van der Waals surface area contributed by atoms with Gasteiger partial charge in [0.05, 0.1) is 6.10 Å². The molecular formula is C15H27NO3. The zero-order chi connectivity index (χ0) is 13.8. The fourth-order valence-corrected chi connectivity index (χ4v) is 3.72. The number of nitrogens with zero attached hydrogens (tertiary/aromatic N) is 1. The van der Waals surface area contributed by atoms with Crippen LogP contribution in [0.1, 0.15) is 45.4 Å². The van der Waals surface area contributed by atoms with Crippen molar-refractivity contribution in [3.05, 3.63) is 0 Å². The predicted molar refractivity (Wildman–Crippen MR) is 73.7 cm³/mol.